The maximum absolute atomic E-state index is 12.1. The van der Waals surface area contributed by atoms with Gasteiger partial charge < -0.3 is 15.5 Å². The van der Waals surface area contributed by atoms with Crippen LogP contribution in [0.1, 0.15) is 34.5 Å². The van der Waals surface area contributed by atoms with Gasteiger partial charge in [0.05, 0.1) is 18.1 Å². The molecule has 114 valence electrons. The Morgan fingerprint density at radius 1 is 1.14 bits per heavy atom. The minimum absolute atomic E-state index is 0.0264. The van der Waals surface area contributed by atoms with E-state index in [0.29, 0.717) is 16.8 Å². The third-order valence-corrected chi connectivity index (χ3v) is 3.25. The van der Waals surface area contributed by atoms with E-state index in [1.165, 1.54) is 6.07 Å². The van der Waals surface area contributed by atoms with E-state index in [-0.39, 0.29) is 17.9 Å². The van der Waals surface area contributed by atoms with Crippen LogP contribution in [0.2, 0.25) is 0 Å². The van der Waals surface area contributed by atoms with Crippen LogP contribution in [0.25, 0.3) is 0 Å². The lowest BCUT2D eigenvalue weighted by atomic mass is 10.0. The zero-order valence-corrected chi connectivity index (χ0v) is 12.1. The van der Waals surface area contributed by atoms with E-state index < -0.39 is 12.1 Å². The zero-order valence-electron chi connectivity index (χ0n) is 12.1. The first-order chi connectivity index (χ1) is 10.5. The van der Waals surface area contributed by atoms with Crippen molar-refractivity contribution < 1.29 is 19.8 Å². The maximum Gasteiger partial charge on any atom is 0.335 e. The lowest BCUT2D eigenvalue weighted by Gasteiger charge is -2.10. The van der Waals surface area contributed by atoms with Crippen molar-refractivity contribution in [1.29, 1.82) is 0 Å². The highest BCUT2D eigenvalue weighted by Crippen LogP contribution is 2.17. The first kappa shape index (κ1) is 15.7. The van der Waals surface area contributed by atoms with Crippen molar-refractivity contribution in [3.05, 3.63) is 65.2 Å². The number of carboxylic acids is 1. The Bertz CT molecular complexity index is 695. The summed E-state index contributed by atoms with van der Waals surface area (Å²) in [7, 11) is 0. The van der Waals surface area contributed by atoms with Gasteiger partial charge in [0.15, 0.2) is 0 Å². The summed E-state index contributed by atoms with van der Waals surface area (Å²) in [6.45, 7) is 1.64. The van der Waals surface area contributed by atoms with Crippen LogP contribution < -0.4 is 5.32 Å². The van der Waals surface area contributed by atoms with Crippen molar-refractivity contribution in [3.8, 4) is 0 Å². The van der Waals surface area contributed by atoms with E-state index in [2.05, 4.69) is 5.32 Å². The fraction of sp³-hybridized carbons (Fsp3) is 0.176. The van der Waals surface area contributed by atoms with Crippen LogP contribution in [-0.2, 0) is 11.2 Å². The highest BCUT2D eigenvalue weighted by atomic mass is 16.4. The van der Waals surface area contributed by atoms with E-state index in [1.54, 1.807) is 49.4 Å². The van der Waals surface area contributed by atoms with Gasteiger partial charge in [-0.2, -0.15) is 0 Å². The molecule has 3 N–H and O–H groups in total. The molecule has 0 aliphatic rings. The van der Waals surface area contributed by atoms with Crippen LogP contribution in [0.5, 0.6) is 0 Å². The SMILES string of the molecule is C[C@H](O)c1cccc(NC(=O)Cc2ccccc2C(=O)O)c1. The van der Waals surface area contributed by atoms with Gasteiger partial charge in [0.1, 0.15) is 0 Å². The van der Waals surface area contributed by atoms with Gasteiger partial charge in [-0.1, -0.05) is 30.3 Å². The van der Waals surface area contributed by atoms with Gasteiger partial charge in [-0.05, 0) is 36.2 Å². The number of carbonyl (C=O) groups is 2. The number of rotatable bonds is 5. The second kappa shape index (κ2) is 6.87. The molecular weight excluding hydrogens is 282 g/mol. The van der Waals surface area contributed by atoms with Gasteiger partial charge in [-0.15, -0.1) is 0 Å². The van der Waals surface area contributed by atoms with E-state index in [4.69, 9.17) is 5.11 Å². The summed E-state index contributed by atoms with van der Waals surface area (Å²) >= 11 is 0. The molecular formula is C17H17NO4. The molecule has 1 amide bonds. The monoisotopic (exact) mass is 299 g/mol. The Hall–Kier alpha value is -2.66. The number of benzene rings is 2. The normalized spacial score (nSPS) is 11.7. The molecule has 1 atom stereocenters. The Labute approximate surface area is 128 Å². The molecule has 0 aliphatic carbocycles. The fourth-order valence-corrected chi connectivity index (χ4v) is 2.14. The Morgan fingerprint density at radius 3 is 2.55 bits per heavy atom. The molecule has 22 heavy (non-hydrogen) atoms. The van der Waals surface area contributed by atoms with Crippen molar-refractivity contribution in [2.45, 2.75) is 19.4 Å². The Balaban J connectivity index is 2.11. The first-order valence-corrected chi connectivity index (χ1v) is 6.86. The number of nitrogens with one attached hydrogen (secondary N) is 1. The maximum atomic E-state index is 12.1. The van der Waals surface area contributed by atoms with E-state index in [9.17, 15) is 14.7 Å². The molecule has 0 aromatic heterocycles. The molecule has 0 unspecified atom stereocenters. The minimum Gasteiger partial charge on any atom is -0.478 e. The quantitative estimate of drug-likeness (QED) is 0.792. The summed E-state index contributed by atoms with van der Waals surface area (Å²) in [4.78, 5) is 23.2. The predicted octanol–water partition coefficient (Wildman–Crippen LogP) is 2.62. The van der Waals surface area contributed by atoms with Crippen molar-refractivity contribution in [2.24, 2.45) is 0 Å². The summed E-state index contributed by atoms with van der Waals surface area (Å²) in [6.07, 6.45) is -0.647. The summed E-state index contributed by atoms with van der Waals surface area (Å²) in [5, 5.41) is 21.4. The minimum atomic E-state index is -1.06. The van der Waals surface area contributed by atoms with Crippen molar-refractivity contribution in [2.75, 3.05) is 5.32 Å². The third-order valence-electron chi connectivity index (χ3n) is 3.25. The zero-order chi connectivity index (χ0) is 16.1. The van der Waals surface area contributed by atoms with Crippen LogP contribution in [0.3, 0.4) is 0 Å². The van der Waals surface area contributed by atoms with Gasteiger partial charge in [-0.3, -0.25) is 4.79 Å². The molecule has 0 bridgehead atoms. The lowest BCUT2D eigenvalue weighted by molar-refractivity contribution is -0.115. The van der Waals surface area contributed by atoms with Gasteiger partial charge in [0.25, 0.3) is 0 Å². The number of amides is 1. The third kappa shape index (κ3) is 3.93. The Morgan fingerprint density at radius 2 is 1.86 bits per heavy atom. The molecule has 5 nitrogen and oxygen atoms in total. The van der Waals surface area contributed by atoms with Crippen molar-refractivity contribution in [3.63, 3.8) is 0 Å². The molecule has 2 aromatic rings. The molecule has 0 spiro atoms. The number of aliphatic hydroxyl groups excluding tert-OH is 1. The molecule has 0 heterocycles. The highest BCUT2D eigenvalue weighted by Gasteiger charge is 2.13. The molecule has 0 radical (unpaired) electrons. The Kier molecular flexibility index (Phi) is 4.91. The van der Waals surface area contributed by atoms with Crippen LogP contribution in [0.15, 0.2) is 48.5 Å². The lowest BCUT2D eigenvalue weighted by Crippen LogP contribution is -2.16. The summed E-state index contributed by atoms with van der Waals surface area (Å²) in [6, 6.07) is 13.3. The van der Waals surface area contributed by atoms with Crippen LogP contribution in [-0.4, -0.2) is 22.1 Å². The average Bonchev–Trinajstić information content (AvgIpc) is 2.47. The number of hydrogen-bond acceptors (Lipinski definition) is 3. The van der Waals surface area contributed by atoms with E-state index >= 15 is 0 Å². The molecule has 2 rings (SSSR count). The van der Waals surface area contributed by atoms with Crippen LogP contribution >= 0.6 is 0 Å². The van der Waals surface area contributed by atoms with Gasteiger partial charge >= 0.3 is 5.97 Å². The second-order valence-electron chi connectivity index (χ2n) is 4.99. The number of aromatic carboxylic acids is 1. The predicted molar refractivity (Wildman–Crippen MR) is 82.8 cm³/mol. The van der Waals surface area contributed by atoms with Crippen LogP contribution in [0.4, 0.5) is 5.69 Å². The number of anilines is 1. The first-order valence-electron chi connectivity index (χ1n) is 6.86. The number of hydrogen-bond donors (Lipinski definition) is 3. The van der Waals surface area contributed by atoms with Crippen molar-refractivity contribution >= 4 is 17.6 Å². The fourth-order valence-electron chi connectivity index (χ4n) is 2.14. The second-order valence-corrected chi connectivity index (χ2v) is 4.99. The van der Waals surface area contributed by atoms with Gasteiger partial charge in [-0.25, -0.2) is 4.79 Å². The molecule has 0 fully saturated rings. The van der Waals surface area contributed by atoms with Gasteiger partial charge in [0, 0.05) is 5.69 Å². The summed E-state index contributed by atoms with van der Waals surface area (Å²) in [5.41, 5.74) is 1.84. The molecule has 0 aliphatic heterocycles. The number of aliphatic hydroxyl groups is 1. The molecule has 2 aromatic carbocycles. The smallest absolute Gasteiger partial charge is 0.335 e. The average molecular weight is 299 g/mol. The summed E-state index contributed by atoms with van der Waals surface area (Å²) < 4.78 is 0. The topological polar surface area (TPSA) is 86.6 Å². The molecule has 0 saturated carbocycles. The summed E-state index contributed by atoms with van der Waals surface area (Å²) in [5.74, 6) is -1.36. The number of carbonyl (C=O) groups excluding carboxylic acids is 1. The standard InChI is InChI=1S/C17H17NO4/c1-11(19)12-6-4-7-14(9-12)18-16(20)10-13-5-2-3-8-15(13)17(21)22/h2-9,11,19H,10H2,1H3,(H,18,20)(H,21,22)/t11-/m0/s1. The van der Waals surface area contributed by atoms with E-state index in [1.807, 2.05) is 0 Å². The van der Waals surface area contributed by atoms with Crippen LogP contribution in [0, 0.1) is 0 Å². The van der Waals surface area contributed by atoms with E-state index in [0.717, 1.165) is 0 Å². The molecule has 0 saturated heterocycles. The number of carboxylic acid groups (broad SMARTS) is 1. The van der Waals surface area contributed by atoms with Crippen molar-refractivity contribution in [1.82, 2.24) is 0 Å². The van der Waals surface area contributed by atoms with Gasteiger partial charge in [0.2, 0.25) is 5.91 Å². The largest absolute Gasteiger partial charge is 0.478 e. The molecule has 5 heteroatoms. The highest BCUT2D eigenvalue weighted by molar-refractivity contribution is 5.96.